The first-order chi connectivity index (χ1) is 9.81. The van der Waals surface area contributed by atoms with Crippen LogP contribution in [0.15, 0.2) is 54.6 Å². The van der Waals surface area contributed by atoms with E-state index >= 15 is 0 Å². The van der Waals surface area contributed by atoms with E-state index in [9.17, 15) is 0 Å². The summed E-state index contributed by atoms with van der Waals surface area (Å²) in [5.74, 6) is 1.67. The second-order valence-electron chi connectivity index (χ2n) is 4.55. The Morgan fingerprint density at radius 1 is 1.05 bits per heavy atom. The molecule has 2 aromatic carbocycles. The number of ether oxygens (including phenoxy) is 1. The zero-order chi connectivity index (χ0) is 14.2. The average molecular weight is 266 g/mol. The van der Waals surface area contributed by atoms with Crippen LogP contribution in [-0.2, 0) is 0 Å². The minimum absolute atomic E-state index is 0.0512. The number of benzene rings is 2. The van der Waals surface area contributed by atoms with Crippen molar-refractivity contribution in [3.8, 4) is 17.6 Å². The largest absolute Gasteiger partial charge is 0.457 e. The van der Waals surface area contributed by atoms with Gasteiger partial charge in [-0.1, -0.05) is 25.1 Å². The van der Waals surface area contributed by atoms with E-state index in [1.165, 1.54) is 0 Å². The molecule has 2 aromatic rings. The van der Waals surface area contributed by atoms with Crippen molar-refractivity contribution in [3.05, 3.63) is 54.6 Å². The van der Waals surface area contributed by atoms with Gasteiger partial charge in [-0.2, -0.15) is 5.26 Å². The molecule has 0 spiro atoms. The first kappa shape index (κ1) is 14.0. The van der Waals surface area contributed by atoms with E-state index in [1.807, 2.05) is 61.5 Å². The molecular weight excluding hydrogens is 248 g/mol. The lowest BCUT2D eigenvalue weighted by Crippen LogP contribution is -2.11. The van der Waals surface area contributed by atoms with Crippen LogP contribution in [0.3, 0.4) is 0 Å². The molecule has 2 rings (SSSR count). The first-order valence-electron chi connectivity index (χ1n) is 6.78. The van der Waals surface area contributed by atoms with Crippen LogP contribution in [0.4, 0.5) is 5.69 Å². The van der Waals surface area contributed by atoms with Gasteiger partial charge in [0.2, 0.25) is 0 Å². The van der Waals surface area contributed by atoms with Crippen LogP contribution in [0.5, 0.6) is 11.5 Å². The standard InChI is InChI=1S/C17H18N2O/c1-2-14(12-18)13-19-15-8-10-17(11-9-15)20-16-6-4-3-5-7-16/h3-11,14,19H,2,13H2,1H3. The summed E-state index contributed by atoms with van der Waals surface area (Å²) in [7, 11) is 0. The smallest absolute Gasteiger partial charge is 0.127 e. The van der Waals surface area contributed by atoms with Crippen LogP contribution in [0.2, 0.25) is 0 Å². The summed E-state index contributed by atoms with van der Waals surface area (Å²) in [6, 6.07) is 19.7. The molecule has 0 saturated carbocycles. The fourth-order valence-electron chi connectivity index (χ4n) is 1.79. The zero-order valence-corrected chi connectivity index (χ0v) is 11.5. The highest BCUT2D eigenvalue weighted by Crippen LogP contribution is 2.22. The summed E-state index contributed by atoms with van der Waals surface area (Å²) in [4.78, 5) is 0. The Labute approximate surface area is 119 Å². The van der Waals surface area contributed by atoms with Crippen molar-refractivity contribution < 1.29 is 4.74 Å². The third-order valence-electron chi connectivity index (χ3n) is 3.06. The molecule has 0 radical (unpaired) electrons. The summed E-state index contributed by atoms with van der Waals surface area (Å²) in [6.07, 6.45) is 0.860. The molecule has 3 heteroatoms. The van der Waals surface area contributed by atoms with E-state index in [0.29, 0.717) is 6.54 Å². The topological polar surface area (TPSA) is 45.0 Å². The van der Waals surface area contributed by atoms with Crippen molar-refractivity contribution >= 4 is 5.69 Å². The van der Waals surface area contributed by atoms with E-state index in [4.69, 9.17) is 10.00 Å². The van der Waals surface area contributed by atoms with Gasteiger partial charge >= 0.3 is 0 Å². The number of nitrogens with one attached hydrogen (secondary N) is 1. The van der Waals surface area contributed by atoms with Crippen LogP contribution in [-0.4, -0.2) is 6.54 Å². The minimum atomic E-state index is 0.0512. The number of hydrogen-bond donors (Lipinski definition) is 1. The molecule has 0 fully saturated rings. The Balaban J connectivity index is 1.92. The van der Waals surface area contributed by atoms with E-state index in [-0.39, 0.29) is 5.92 Å². The average Bonchev–Trinajstić information content (AvgIpc) is 2.51. The van der Waals surface area contributed by atoms with Crippen LogP contribution in [0.25, 0.3) is 0 Å². The molecule has 3 nitrogen and oxygen atoms in total. The molecule has 20 heavy (non-hydrogen) atoms. The normalized spacial score (nSPS) is 11.4. The third kappa shape index (κ3) is 4.03. The van der Waals surface area contributed by atoms with E-state index in [0.717, 1.165) is 23.6 Å². The van der Waals surface area contributed by atoms with Gasteiger partial charge in [0, 0.05) is 12.2 Å². The molecule has 0 aliphatic heterocycles. The lowest BCUT2D eigenvalue weighted by Gasteiger charge is -2.10. The van der Waals surface area contributed by atoms with Gasteiger partial charge in [0.25, 0.3) is 0 Å². The predicted molar refractivity (Wildman–Crippen MR) is 80.8 cm³/mol. The van der Waals surface area contributed by atoms with Gasteiger partial charge in [0.15, 0.2) is 0 Å². The van der Waals surface area contributed by atoms with Crippen molar-refractivity contribution in [3.63, 3.8) is 0 Å². The van der Waals surface area contributed by atoms with Gasteiger partial charge in [-0.15, -0.1) is 0 Å². The first-order valence-corrected chi connectivity index (χ1v) is 6.78. The number of anilines is 1. The van der Waals surface area contributed by atoms with Crippen molar-refractivity contribution in [2.24, 2.45) is 5.92 Å². The highest BCUT2D eigenvalue weighted by molar-refractivity contribution is 5.47. The molecule has 1 N–H and O–H groups in total. The maximum Gasteiger partial charge on any atom is 0.127 e. The molecule has 1 unspecified atom stereocenters. The summed E-state index contributed by atoms with van der Waals surface area (Å²) < 4.78 is 5.72. The maximum atomic E-state index is 8.90. The number of nitrogens with zero attached hydrogens (tertiary/aromatic N) is 1. The van der Waals surface area contributed by atoms with Crippen molar-refractivity contribution in [1.29, 1.82) is 5.26 Å². The fraction of sp³-hybridized carbons (Fsp3) is 0.235. The molecule has 0 aliphatic carbocycles. The van der Waals surface area contributed by atoms with Crippen LogP contribution >= 0.6 is 0 Å². The Kier molecular flexibility index (Phi) is 5.02. The molecule has 0 heterocycles. The molecular formula is C17H18N2O. The summed E-state index contributed by atoms with van der Waals surface area (Å²) >= 11 is 0. The number of nitriles is 1. The second kappa shape index (κ2) is 7.20. The predicted octanol–water partition coefficient (Wildman–Crippen LogP) is 4.44. The highest BCUT2D eigenvalue weighted by atomic mass is 16.5. The van der Waals surface area contributed by atoms with Gasteiger partial charge < -0.3 is 10.1 Å². The van der Waals surface area contributed by atoms with Crippen molar-refractivity contribution in [1.82, 2.24) is 0 Å². The van der Waals surface area contributed by atoms with Crippen LogP contribution in [0, 0.1) is 17.2 Å². The maximum absolute atomic E-state index is 8.90. The highest BCUT2D eigenvalue weighted by Gasteiger charge is 2.03. The molecule has 0 amide bonds. The molecule has 0 aliphatic rings. The van der Waals surface area contributed by atoms with Gasteiger partial charge in [0.1, 0.15) is 11.5 Å². The van der Waals surface area contributed by atoms with E-state index in [2.05, 4.69) is 11.4 Å². The monoisotopic (exact) mass is 266 g/mol. The molecule has 0 bridgehead atoms. The number of para-hydroxylation sites is 1. The van der Waals surface area contributed by atoms with Gasteiger partial charge in [-0.05, 0) is 42.8 Å². The van der Waals surface area contributed by atoms with Crippen molar-refractivity contribution in [2.45, 2.75) is 13.3 Å². The fourth-order valence-corrected chi connectivity index (χ4v) is 1.79. The number of hydrogen-bond acceptors (Lipinski definition) is 3. The minimum Gasteiger partial charge on any atom is -0.457 e. The lowest BCUT2D eigenvalue weighted by molar-refractivity contribution is 0.483. The quantitative estimate of drug-likeness (QED) is 0.840. The molecule has 0 saturated heterocycles. The van der Waals surface area contributed by atoms with Crippen molar-refractivity contribution in [2.75, 3.05) is 11.9 Å². The van der Waals surface area contributed by atoms with Gasteiger partial charge in [0.05, 0.1) is 12.0 Å². The molecule has 1 atom stereocenters. The molecule has 0 aromatic heterocycles. The Bertz CT molecular complexity index is 558. The zero-order valence-electron chi connectivity index (χ0n) is 11.5. The lowest BCUT2D eigenvalue weighted by atomic mass is 10.1. The second-order valence-corrected chi connectivity index (χ2v) is 4.55. The Hall–Kier alpha value is -2.47. The summed E-state index contributed by atoms with van der Waals surface area (Å²) in [6.45, 7) is 2.69. The number of rotatable bonds is 6. The van der Waals surface area contributed by atoms with Crippen LogP contribution < -0.4 is 10.1 Å². The van der Waals surface area contributed by atoms with Crippen LogP contribution in [0.1, 0.15) is 13.3 Å². The third-order valence-corrected chi connectivity index (χ3v) is 3.06. The SMILES string of the molecule is CCC(C#N)CNc1ccc(Oc2ccccc2)cc1. The Morgan fingerprint density at radius 3 is 2.30 bits per heavy atom. The summed E-state index contributed by atoms with van der Waals surface area (Å²) in [5, 5.41) is 12.2. The van der Waals surface area contributed by atoms with E-state index < -0.39 is 0 Å². The van der Waals surface area contributed by atoms with E-state index in [1.54, 1.807) is 0 Å². The Morgan fingerprint density at radius 2 is 1.70 bits per heavy atom. The van der Waals surface area contributed by atoms with Gasteiger partial charge in [-0.3, -0.25) is 0 Å². The van der Waals surface area contributed by atoms with Gasteiger partial charge in [-0.25, -0.2) is 0 Å². The summed E-state index contributed by atoms with van der Waals surface area (Å²) in [5.41, 5.74) is 0.999. The molecule has 102 valence electrons.